The predicted octanol–water partition coefficient (Wildman–Crippen LogP) is 3.73. The molecular weight excluding hydrogens is 286 g/mol. The highest BCUT2D eigenvalue weighted by Crippen LogP contribution is 2.35. The van der Waals surface area contributed by atoms with Gasteiger partial charge in [0.25, 0.3) is 0 Å². The van der Waals surface area contributed by atoms with Crippen molar-refractivity contribution in [1.82, 2.24) is 5.32 Å². The van der Waals surface area contributed by atoms with Crippen LogP contribution in [0.3, 0.4) is 0 Å². The largest absolute Gasteiger partial charge is 0.486 e. The lowest BCUT2D eigenvalue weighted by Crippen LogP contribution is -2.20. The molecule has 0 bridgehead atoms. The molecule has 0 fully saturated rings. The highest BCUT2D eigenvalue weighted by atomic mass is 35.5. The molecule has 0 radical (unpaired) electrons. The summed E-state index contributed by atoms with van der Waals surface area (Å²) < 4.78 is 11.2. The van der Waals surface area contributed by atoms with Crippen LogP contribution in [0.4, 0.5) is 0 Å². The van der Waals surface area contributed by atoms with Crippen molar-refractivity contribution in [2.45, 2.75) is 13.0 Å². The van der Waals surface area contributed by atoms with Gasteiger partial charge in [0.1, 0.15) is 13.2 Å². The molecule has 21 heavy (non-hydrogen) atoms. The molecule has 0 saturated carbocycles. The number of halogens is 1. The van der Waals surface area contributed by atoms with E-state index in [4.69, 9.17) is 21.1 Å². The van der Waals surface area contributed by atoms with Crippen LogP contribution in [0.5, 0.6) is 11.5 Å². The zero-order valence-electron chi connectivity index (χ0n) is 12.2. The van der Waals surface area contributed by atoms with Gasteiger partial charge in [-0.2, -0.15) is 0 Å². The first kappa shape index (κ1) is 14.2. The minimum absolute atomic E-state index is 0.0690. The zero-order valence-corrected chi connectivity index (χ0v) is 12.9. The van der Waals surface area contributed by atoms with Crippen molar-refractivity contribution in [3.63, 3.8) is 0 Å². The third kappa shape index (κ3) is 2.85. The van der Waals surface area contributed by atoms with E-state index in [0.29, 0.717) is 13.2 Å². The van der Waals surface area contributed by atoms with E-state index in [0.717, 1.165) is 22.1 Å². The van der Waals surface area contributed by atoms with E-state index in [1.54, 1.807) is 0 Å². The first-order chi connectivity index (χ1) is 10.2. The second-order valence-corrected chi connectivity index (χ2v) is 5.56. The lowest BCUT2D eigenvalue weighted by atomic mass is 9.95. The summed E-state index contributed by atoms with van der Waals surface area (Å²) in [5.41, 5.74) is 3.50. The summed E-state index contributed by atoms with van der Waals surface area (Å²) in [4.78, 5) is 0. The molecule has 3 nitrogen and oxygen atoms in total. The molecule has 0 saturated heterocycles. The highest BCUT2D eigenvalue weighted by molar-refractivity contribution is 6.30. The van der Waals surface area contributed by atoms with Gasteiger partial charge in [0.05, 0.1) is 6.04 Å². The summed E-state index contributed by atoms with van der Waals surface area (Å²) in [6, 6.07) is 12.1. The molecule has 4 heteroatoms. The monoisotopic (exact) mass is 303 g/mol. The summed E-state index contributed by atoms with van der Waals surface area (Å²) in [5, 5.41) is 4.10. The van der Waals surface area contributed by atoms with Gasteiger partial charge >= 0.3 is 0 Å². The summed E-state index contributed by atoms with van der Waals surface area (Å²) in [6.45, 7) is 3.29. The van der Waals surface area contributed by atoms with Gasteiger partial charge < -0.3 is 14.8 Å². The van der Waals surface area contributed by atoms with E-state index in [1.165, 1.54) is 11.1 Å². The van der Waals surface area contributed by atoms with Gasteiger partial charge in [0.2, 0.25) is 0 Å². The molecule has 0 amide bonds. The van der Waals surface area contributed by atoms with Gasteiger partial charge in [-0.05, 0) is 54.9 Å². The molecule has 2 aromatic rings. The minimum Gasteiger partial charge on any atom is -0.486 e. The van der Waals surface area contributed by atoms with Crippen molar-refractivity contribution in [1.29, 1.82) is 0 Å². The summed E-state index contributed by atoms with van der Waals surface area (Å²) in [5.74, 6) is 1.61. The van der Waals surface area contributed by atoms with Crippen LogP contribution < -0.4 is 14.8 Å². The average Bonchev–Trinajstić information content (AvgIpc) is 2.51. The fourth-order valence-corrected chi connectivity index (χ4v) is 2.84. The van der Waals surface area contributed by atoms with Gasteiger partial charge in [0, 0.05) is 5.02 Å². The van der Waals surface area contributed by atoms with Crippen LogP contribution in [0, 0.1) is 6.92 Å². The number of hydrogen-bond acceptors (Lipinski definition) is 3. The van der Waals surface area contributed by atoms with Crippen molar-refractivity contribution >= 4 is 11.6 Å². The number of ether oxygens (including phenoxy) is 2. The molecule has 1 atom stereocenters. The molecule has 1 aliphatic heterocycles. The van der Waals surface area contributed by atoms with E-state index in [2.05, 4.69) is 18.3 Å². The van der Waals surface area contributed by atoms with Crippen molar-refractivity contribution in [2.75, 3.05) is 20.3 Å². The third-order valence-electron chi connectivity index (χ3n) is 3.74. The van der Waals surface area contributed by atoms with E-state index in [9.17, 15) is 0 Å². The molecule has 0 aliphatic carbocycles. The van der Waals surface area contributed by atoms with Gasteiger partial charge in [0.15, 0.2) is 11.5 Å². The topological polar surface area (TPSA) is 30.5 Å². The number of benzene rings is 2. The Morgan fingerprint density at radius 1 is 1.05 bits per heavy atom. The molecule has 1 aliphatic rings. The average molecular weight is 304 g/mol. The van der Waals surface area contributed by atoms with Crippen molar-refractivity contribution in [3.8, 4) is 11.5 Å². The Labute approximate surface area is 129 Å². The smallest absolute Gasteiger partial charge is 0.161 e. The van der Waals surface area contributed by atoms with Gasteiger partial charge in [-0.1, -0.05) is 23.7 Å². The molecule has 0 spiro atoms. The first-order valence-corrected chi connectivity index (χ1v) is 7.39. The predicted molar refractivity (Wildman–Crippen MR) is 84.5 cm³/mol. The molecule has 3 rings (SSSR count). The molecular formula is C17H18ClNO2. The van der Waals surface area contributed by atoms with E-state index < -0.39 is 0 Å². The Morgan fingerprint density at radius 3 is 2.57 bits per heavy atom. The zero-order chi connectivity index (χ0) is 14.8. The number of rotatable bonds is 3. The lowest BCUT2D eigenvalue weighted by Gasteiger charge is -2.23. The van der Waals surface area contributed by atoms with E-state index in [-0.39, 0.29) is 6.04 Å². The molecule has 1 unspecified atom stereocenters. The number of aryl methyl sites for hydroxylation is 1. The number of hydrogen-bond donors (Lipinski definition) is 1. The fourth-order valence-electron chi connectivity index (χ4n) is 2.66. The normalized spacial score (nSPS) is 14.8. The molecule has 1 N–H and O–H groups in total. The van der Waals surface area contributed by atoms with Crippen LogP contribution in [-0.2, 0) is 0 Å². The standard InChI is InChI=1S/C17H18ClNO2/c1-11-3-5-13(18)10-14(11)17(19-2)12-4-6-15-16(9-12)21-8-7-20-15/h3-6,9-10,17,19H,7-8H2,1-2H3. The molecule has 1 heterocycles. The van der Waals surface area contributed by atoms with Crippen LogP contribution in [0.2, 0.25) is 5.02 Å². The Kier molecular flexibility index (Phi) is 4.04. The second kappa shape index (κ2) is 5.96. The third-order valence-corrected chi connectivity index (χ3v) is 3.98. The van der Waals surface area contributed by atoms with Crippen molar-refractivity contribution in [2.24, 2.45) is 0 Å². The maximum atomic E-state index is 6.15. The maximum absolute atomic E-state index is 6.15. The lowest BCUT2D eigenvalue weighted by molar-refractivity contribution is 0.171. The Bertz CT molecular complexity index is 657. The van der Waals surface area contributed by atoms with Crippen LogP contribution in [0.1, 0.15) is 22.7 Å². The number of fused-ring (bicyclic) bond motifs is 1. The van der Waals surface area contributed by atoms with Crippen LogP contribution in [0.25, 0.3) is 0 Å². The second-order valence-electron chi connectivity index (χ2n) is 5.13. The van der Waals surface area contributed by atoms with Gasteiger partial charge in [-0.3, -0.25) is 0 Å². The first-order valence-electron chi connectivity index (χ1n) is 7.02. The van der Waals surface area contributed by atoms with Crippen LogP contribution >= 0.6 is 11.6 Å². The minimum atomic E-state index is 0.0690. The summed E-state index contributed by atoms with van der Waals surface area (Å²) in [7, 11) is 1.95. The fraction of sp³-hybridized carbons (Fsp3) is 0.294. The van der Waals surface area contributed by atoms with Crippen molar-refractivity contribution < 1.29 is 9.47 Å². The van der Waals surface area contributed by atoms with Gasteiger partial charge in [-0.25, -0.2) is 0 Å². The highest BCUT2D eigenvalue weighted by Gasteiger charge is 2.18. The number of nitrogens with one attached hydrogen (secondary N) is 1. The maximum Gasteiger partial charge on any atom is 0.161 e. The summed E-state index contributed by atoms with van der Waals surface area (Å²) >= 11 is 6.15. The van der Waals surface area contributed by atoms with E-state index in [1.807, 2.05) is 37.4 Å². The molecule has 2 aromatic carbocycles. The molecule has 110 valence electrons. The van der Waals surface area contributed by atoms with Crippen molar-refractivity contribution in [3.05, 3.63) is 58.1 Å². The van der Waals surface area contributed by atoms with Crippen LogP contribution in [-0.4, -0.2) is 20.3 Å². The van der Waals surface area contributed by atoms with Crippen LogP contribution in [0.15, 0.2) is 36.4 Å². The Morgan fingerprint density at radius 2 is 1.81 bits per heavy atom. The van der Waals surface area contributed by atoms with E-state index >= 15 is 0 Å². The van der Waals surface area contributed by atoms with Gasteiger partial charge in [-0.15, -0.1) is 0 Å². The SMILES string of the molecule is CNC(c1ccc2c(c1)OCCO2)c1cc(Cl)ccc1C. The molecule has 0 aromatic heterocycles. The Balaban J connectivity index is 2.01. The quantitative estimate of drug-likeness (QED) is 0.937. The Hall–Kier alpha value is -1.71. The summed E-state index contributed by atoms with van der Waals surface area (Å²) in [6.07, 6.45) is 0.